The van der Waals surface area contributed by atoms with Gasteiger partial charge >= 0.3 is 37.7 Å². The molecule has 0 aliphatic rings. The molecule has 0 saturated heterocycles. The van der Waals surface area contributed by atoms with Crippen molar-refractivity contribution >= 4 is 79.5 Å². The Morgan fingerprint density at radius 1 is 0.259 bits per heavy atom. The van der Waals surface area contributed by atoms with Gasteiger partial charge in [0, 0.05) is 0 Å². The largest absolute Gasteiger partial charge is 2.00 e. The first-order valence-corrected chi connectivity index (χ1v) is 38.8. The fourth-order valence-corrected chi connectivity index (χ4v) is 14.2. The van der Waals surface area contributed by atoms with E-state index < -0.39 is 20.2 Å². The molecule has 4 rings (SSSR count). The van der Waals surface area contributed by atoms with Gasteiger partial charge in [0.15, 0.2) is 0 Å². The predicted molar refractivity (Wildman–Crippen MR) is 369 cm³/mol. The average Bonchev–Trinajstić information content (AvgIpc) is 3.65. The van der Waals surface area contributed by atoms with Crippen LogP contribution in [0.5, 0.6) is 0 Å². The Bertz CT molecular complexity index is 2300. The van der Waals surface area contributed by atoms with E-state index in [-0.39, 0.29) is 47.5 Å². The van der Waals surface area contributed by atoms with E-state index in [1.165, 1.54) is 330 Å². The van der Waals surface area contributed by atoms with Gasteiger partial charge in [0.2, 0.25) is 0 Å². The number of rotatable bonds is 54. The Morgan fingerprint density at radius 2 is 0.435 bits per heavy atom. The molecule has 0 N–H and O–H groups in total. The van der Waals surface area contributed by atoms with Gasteiger partial charge in [0.25, 0.3) is 0 Å². The zero-order valence-electron chi connectivity index (χ0n) is 55.5. The minimum absolute atomic E-state index is 0. The second kappa shape index (κ2) is 52.1. The Labute approximate surface area is 555 Å². The molecule has 6 nitrogen and oxygen atoms in total. The number of benzene rings is 4. The van der Waals surface area contributed by atoms with Gasteiger partial charge in [-0.25, -0.2) is 16.8 Å². The fourth-order valence-electron chi connectivity index (χ4n) is 12.8. The molecule has 85 heavy (non-hydrogen) atoms. The van der Waals surface area contributed by atoms with Crippen LogP contribution in [0.2, 0.25) is 0 Å². The molecule has 0 aliphatic carbocycles. The van der Waals surface area contributed by atoms with Gasteiger partial charge in [-0.1, -0.05) is 347 Å². The molecule has 4 aromatic carbocycles. The number of fused-ring (bicyclic) bond motifs is 2. The maximum absolute atomic E-state index is 12.0. The summed E-state index contributed by atoms with van der Waals surface area (Å²) in [4.78, 5) is -0.152. The average molecular weight is 1240 g/mol. The second-order valence-electron chi connectivity index (χ2n) is 25.7. The summed E-state index contributed by atoms with van der Waals surface area (Å²) in [6.07, 6.45) is 68.1. The molecule has 0 aromatic heterocycles. The number of hydrogen-bond donors (Lipinski definition) is 0. The summed E-state index contributed by atoms with van der Waals surface area (Å²) in [7, 11) is -8.99. The molecule has 0 spiro atoms. The van der Waals surface area contributed by atoms with Crippen LogP contribution in [-0.2, 0) is 45.9 Å². The molecular formula is C76H126CaO6S2. The van der Waals surface area contributed by atoms with Crippen LogP contribution in [-0.4, -0.2) is 63.7 Å². The van der Waals surface area contributed by atoms with Crippen molar-refractivity contribution in [3.8, 4) is 0 Å². The summed E-state index contributed by atoms with van der Waals surface area (Å²) >= 11 is 0. The summed E-state index contributed by atoms with van der Waals surface area (Å²) in [5, 5.41) is 2.94. The Morgan fingerprint density at radius 3 is 0.624 bits per heavy atom. The molecule has 4 aromatic rings. The van der Waals surface area contributed by atoms with Gasteiger partial charge < -0.3 is 9.11 Å². The van der Waals surface area contributed by atoms with Gasteiger partial charge in [0.05, 0.1) is 9.79 Å². The van der Waals surface area contributed by atoms with Gasteiger partial charge in [-0.2, -0.15) is 0 Å². The van der Waals surface area contributed by atoms with Crippen LogP contribution < -0.4 is 0 Å². The van der Waals surface area contributed by atoms with Crippen molar-refractivity contribution < 1.29 is 25.9 Å². The van der Waals surface area contributed by atoms with Gasteiger partial charge in [-0.05, 0) is 119 Å². The molecule has 0 fully saturated rings. The Hall–Kier alpha value is -1.52. The van der Waals surface area contributed by atoms with E-state index >= 15 is 0 Å². The first-order valence-electron chi connectivity index (χ1n) is 35.9. The third-order valence-electron chi connectivity index (χ3n) is 18.1. The van der Waals surface area contributed by atoms with Crippen LogP contribution in [0.4, 0.5) is 0 Å². The maximum atomic E-state index is 12.0. The van der Waals surface area contributed by atoms with Crippen LogP contribution in [0.3, 0.4) is 0 Å². The molecule has 0 heterocycles. The third-order valence-corrected chi connectivity index (χ3v) is 19.8. The predicted octanol–water partition coefficient (Wildman–Crippen LogP) is 24.1. The van der Waals surface area contributed by atoms with Crippen molar-refractivity contribution in [2.75, 3.05) is 0 Å². The molecule has 9 heteroatoms. The van der Waals surface area contributed by atoms with Crippen molar-refractivity contribution in [3.05, 3.63) is 82.9 Å². The van der Waals surface area contributed by atoms with Gasteiger partial charge in [-0.15, -0.1) is 0 Å². The first kappa shape index (κ1) is 79.6. The van der Waals surface area contributed by atoms with Gasteiger partial charge in [-0.3, -0.25) is 0 Å². The number of unbranched alkanes of at least 4 members (excludes halogenated alkanes) is 44. The van der Waals surface area contributed by atoms with E-state index in [1.54, 1.807) is 12.1 Å². The topological polar surface area (TPSA) is 114 Å². The molecule has 0 saturated carbocycles. The monoisotopic (exact) mass is 1240 g/mol. The molecule has 0 bridgehead atoms. The summed E-state index contributed by atoms with van der Waals surface area (Å²) in [5.41, 5.74) is 5.18. The van der Waals surface area contributed by atoms with Crippen molar-refractivity contribution in [1.29, 1.82) is 0 Å². The van der Waals surface area contributed by atoms with Crippen molar-refractivity contribution in [2.24, 2.45) is 0 Å². The van der Waals surface area contributed by atoms with E-state index in [0.29, 0.717) is 10.8 Å². The minimum Gasteiger partial charge on any atom is -0.744 e. The number of hydrogen-bond acceptors (Lipinski definition) is 6. The zero-order valence-corrected chi connectivity index (χ0v) is 59.4. The molecule has 480 valence electrons. The van der Waals surface area contributed by atoms with Crippen LogP contribution in [0, 0.1) is 0 Å². The summed E-state index contributed by atoms with van der Waals surface area (Å²) in [6.45, 7) is 9.10. The third kappa shape index (κ3) is 38.1. The maximum Gasteiger partial charge on any atom is 2.00 e. The van der Waals surface area contributed by atoms with E-state index in [0.717, 1.165) is 49.3 Å². The summed E-state index contributed by atoms with van der Waals surface area (Å²) in [5.74, 6) is 0. The molecule has 0 amide bonds. The van der Waals surface area contributed by atoms with E-state index in [4.69, 9.17) is 0 Å². The quantitative estimate of drug-likeness (QED) is 0.0247. The molecule has 0 radical (unpaired) electrons. The molecular weight excluding hydrogens is 1110 g/mol. The fraction of sp³-hybridized carbons (Fsp3) is 0.737. The molecule has 0 atom stereocenters. The normalized spacial score (nSPS) is 11.8. The van der Waals surface area contributed by atoms with E-state index in [2.05, 4.69) is 39.8 Å². The number of aryl methyl sites for hydroxylation is 4. The van der Waals surface area contributed by atoms with Crippen LogP contribution >= 0.6 is 0 Å². The van der Waals surface area contributed by atoms with Crippen molar-refractivity contribution in [2.45, 2.75) is 371 Å². The molecule has 0 unspecified atom stereocenters. The Balaban J connectivity index is 0.000000573. The van der Waals surface area contributed by atoms with Gasteiger partial charge in [0.1, 0.15) is 20.2 Å². The van der Waals surface area contributed by atoms with Crippen LogP contribution in [0.15, 0.2) is 70.5 Å². The summed E-state index contributed by atoms with van der Waals surface area (Å²) < 4.78 is 71.7. The Kier molecular flexibility index (Phi) is 48.8. The van der Waals surface area contributed by atoms with Crippen molar-refractivity contribution in [3.63, 3.8) is 0 Å². The SMILES string of the molecule is CCCCCCCCCCCCCCc1cc2cccc(S(=O)(=O)[O-])c2cc1CCCCCCCCCCCCCC.CCCCCCCCCCCCCCc1cc2cccc(S(=O)(=O)[O-])c2cc1CCCCCCCCCCCCCC.[Ca+2]. The van der Waals surface area contributed by atoms with E-state index in [1.807, 2.05) is 24.3 Å². The van der Waals surface area contributed by atoms with Crippen LogP contribution in [0.25, 0.3) is 21.5 Å². The second-order valence-corrected chi connectivity index (χ2v) is 28.4. The van der Waals surface area contributed by atoms with E-state index in [9.17, 15) is 25.9 Å². The minimum atomic E-state index is -4.50. The molecule has 0 aliphatic heterocycles. The first-order chi connectivity index (χ1) is 40.9. The van der Waals surface area contributed by atoms with Crippen molar-refractivity contribution in [1.82, 2.24) is 0 Å². The smallest absolute Gasteiger partial charge is 0.744 e. The van der Waals surface area contributed by atoms with Crippen LogP contribution in [0.1, 0.15) is 358 Å². The zero-order chi connectivity index (χ0) is 60.6. The summed E-state index contributed by atoms with van der Waals surface area (Å²) in [6, 6.07) is 18.6. The standard InChI is InChI=1S/2C38H64O3S.Ca/c2*1-3-5-7-9-11-13-15-17-19-21-23-25-28-34-32-36-30-27-31-38(42(39,40)41)37(36)33-35(34)29-26-24-22-20-18-16-14-12-10-8-6-4-2;/h2*27,30-33H,3-26,28-29H2,1-2H3,(H,39,40,41);/q;;+2/p-2.